The summed E-state index contributed by atoms with van der Waals surface area (Å²) < 4.78 is 2.24. The zero-order chi connectivity index (χ0) is 19.3. The molecule has 0 unspecified atom stereocenters. The molecule has 0 saturated heterocycles. The number of fused-ring (bicyclic) bond motifs is 1. The summed E-state index contributed by atoms with van der Waals surface area (Å²) in [7, 11) is 0. The van der Waals surface area contributed by atoms with E-state index in [1.807, 2.05) is 47.5 Å². The van der Waals surface area contributed by atoms with Crippen LogP contribution >= 0.6 is 0 Å². The van der Waals surface area contributed by atoms with Gasteiger partial charge in [0.1, 0.15) is 5.65 Å². The zero-order valence-corrected chi connectivity index (χ0v) is 16.3. The number of amides is 2. The number of benzene rings is 1. The number of hydrogen-bond acceptors (Lipinski definition) is 2. The average Bonchev–Trinajstić information content (AvgIpc) is 3.12. The number of rotatable bonds is 5. The second-order valence-corrected chi connectivity index (χ2v) is 7.18. The Morgan fingerprint density at radius 1 is 1.18 bits per heavy atom. The SMILES string of the molecule is CCCn1cc(C2=CCN(C(=O)NCc3ccccc3)CC2)c2cccnc21. The highest BCUT2D eigenvalue weighted by Gasteiger charge is 2.20. The molecule has 0 spiro atoms. The van der Waals surface area contributed by atoms with E-state index < -0.39 is 0 Å². The Kier molecular flexibility index (Phi) is 5.42. The Hall–Kier alpha value is -3.08. The summed E-state index contributed by atoms with van der Waals surface area (Å²) in [6.45, 7) is 5.07. The van der Waals surface area contributed by atoms with Crippen LogP contribution in [0.4, 0.5) is 4.79 Å². The van der Waals surface area contributed by atoms with Crippen LogP contribution in [0.15, 0.2) is 60.9 Å². The van der Waals surface area contributed by atoms with E-state index in [0.717, 1.165) is 37.1 Å². The largest absolute Gasteiger partial charge is 0.334 e. The molecule has 1 aliphatic heterocycles. The van der Waals surface area contributed by atoms with E-state index in [2.05, 4.69) is 40.1 Å². The Balaban J connectivity index is 1.45. The lowest BCUT2D eigenvalue weighted by molar-refractivity contribution is 0.202. The molecule has 5 heteroatoms. The van der Waals surface area contributed by atoms with E-state index in [9.17, 15) is 4.79 Å². The van der Waals surface area contributed by atoms with Gasteiger partial charge in [0.05, 0.1) is 0 Å². The summed E-state index contributed by atoms with van der Waals surface area (Å²) in [6, 6.07) is 14.1. The minimum absolute atomic E-state index is 0.00534. The smallest absolute Gasteiger partial charge is 0.317 e. The van der Waals surface area contributed by atoms with Gasteiger partial charge >= 0.3 is 6.03 Å². The van der Waals surface area contributed by atoms with E-state index in [4.69, 9.17) is 0 Å². The van der Waals surface area contributed by atoms with Crippen LogP contribution in [0.3, 0.4) is 0 Å². The van der Waals surface area contributed by atoms with Gasteiger partial charge in [-0.1, -0.05) is 43.3 Å². The molecule has 144 valence electrons. The lowest BCUT2D eigenvalue weighted by Crippen LogP contribution is -2.41. The monoisotopic (exact) mass is 374 g/mol. The number of nitrogens with zero attached hydrogens (tertiary/aromatic N) is 3. The number of carbonyl (C=O) groups is 1. The first-order valence-corrected chi connectivity index (χ1v) is 9.96. The van der Waals surface area contributed by atoms with Crippen LogP contribution in [-0.2, 0) is 13.1 Å². The average molecular weight is 374 g/mol. The van der Waals surface area contributed by atoms with Crippen LogP contribution in [0.2, 0.25) is 0 Å². The summed E-state index contributed by atoms with van der Waals surface area (Å²) in [4.78, 5) is 18.9. The van der Waals surface area contributed by atoms with Crippen molar-refractivity contribution in [2.24, 2.45) is 0 Å². The van der Waals surface area contributed by atoms with Crippen molar-refractivity contribution in [2.75, 3.05) is 13.1 Å². The molecule has 5 nitrogen and oxygen atoms in total. The molecule has 0 aliphatic carbocycles. The van der Waals surface area contributed by atoms with Gasteiger partial charge in [-0.2, -0.15) is 0 Å². The van der Waals surface area contributed by atoms with Crippen LogP contribution in [0.25, 0.3) is 16.6 Å². The summed E-state index contributed by atoms with van der Waals surface area (Å²) in [5, 5.41) is 4.22. The predicted octanol–water partition coefficient (Wildman–Crippen LogP) is 4.45. The molecular formula is C23H26N4O. The fraction of sp³-hybridized carbons (Fsp3) is 0.304. The Bertz CT molecular complexity index is 990. The molecule has 0 radical (unpaired) electrons. The number of aromatic nitrogens is 2. The maximum absolute atomic E-state index is 12.5. The second-order valence-electron chi connectivity index (χ2n) is 7.18. The highest BCUT2D eigenvalue weighted by Crippen LogP contribution is 2.30. The van der Waals surface area contributed by atoms with Crippen LogP contribution in [0.1, 0.15) is 30.9 Å². The van der Waals surface area contributed by atoms with Crippen LogP contribution in [0, 0.1) is 0 Å². The molecule has 28 heavy (non-hydrogen) atoms. The molecule has 2 aromatic heterocycles. The van der Waals surface area contributed by atoms with Crippen molar-refractivity contribution in [2.45, 2.75) is 32.9 Å². The van der Waals surface area contributed by atoms with Crippen molar-refractivity contribution in [1.29, 1.82) is 0 Å². The molecule has 4 rings (SSSR count). The van der Waals surface area contributed by atoms with Gasteiger partial charge in [0.25, 0.3) is 0 Å². The first kappa shape index (κ1) is 18.3. The molecule has 1 aromatic carbocycles. The van der Waals surface area contributed by atoms with E-state index in [-0.39, 0.29) is 6.03 Å². The predicted molar refractivity (Wildman–Crippen MR) is 113 cm³/mol. The quantitative estimate of drug-likeness (QED) is 0.717. The summed E-state index contributed by atoms with van der Waals surface area (Å²) in [5.74, 6) is 0. The van der Waals surface area contributed by atoms with Crippen LogP contribution in [-0.4, -0.2) is 33.6 Å². The number of carbonyl (C=O) groups excluding carboxylic acids is 1. The summed E-state index contributed by atoms with van der Waals surface area (Å²) >= 11 is 0. The second kappa shape index (κ2) is 8.30. The van der Waals surface area contributed by atoms with Gasteiger partial charge in [-0.25, -0.2) is 9.78 Å². The van der Waals surface area contributed by atoms with Gasteiger partial charge in [-0.15, -0.1) is 0 Å². The minimum Gasteiger partial charge on any atom is -0.334 e. The van der Waals surface area contributed by atoms with Gasteiger partial charge in [0, 0.05) is 49.5 Å². The maximum atomic E-state index is 12.5. The fourth-order valence-corrected chi connectivity index (χ4v) is 3.77. The van der Waals surface area contributed by atoms with Gasteiger partial charge < -0.3 is 14.8 Å². The molecule has 0 atom stereocenters. The zero-order valence-electron chi connectivity index (χ0n) is 16.3. The molecule has 0 saturated carbocycles. The number of nitrogens with one attached hydrogen (secondary N) is 1. The van der Waals surface area contributed by atoms with Crippen molar-refractivity contribution in [1.82, 2.24) is 19.8 Å². The van der Waals surface area contributed by atoms with Gasteiger partial charge in [0.2, 0.25) is 0 Å². The van der Waals surface area contributed by atoms with Gasteiger partial charge in [-0.3, -0.25) is 0 Å². The molecule has 1 aliphatic rings. The summed E-state index contributed by atoms with van der Waals surface area (Å²) in [5.41, 5.74) is 4.71. The van der Waals surface area contributed by atoms with Crippen LogP contribution < -0.4 is 5.32 Å². The van der Waals surface area contributed by atoms with E-state index in [1.165, 1.54) is 16.5 Å². The number of urea groups is 1. The van der Waals surface area contributed by atoms with E-state index >= 15 is 0 Å². The molecule has 3 aromatic rings. The molecule has 3 heterocycles. The minimum atomic E-state index is -0.00534. The van der Waals surface area contributed by atoms with E-state index in [0.29, 0.717) is 13.1 Å². The lowest BCUT2D eigenvalue weighted by atomic mass is 10.00. The Labute approximate surface area is 165 Å². The fourth-order valence-electron chi connectivity index (χ4n) is 3.77. The Morgan fingerprint density at radius 3 is 2.79 bits per heavy atom. The van der Waals surface area contributed by atoms with Crippen molar-refractivity contribution in [3.8, 4) is 0 Å². The van der Waals surface area contributed by atoms with Gasteiger partial charge in [0.15, 0.2) is 0 Å². The van der Waals surface area contributed by atoms with E-state index in [1.54, 1.807) is 0 Å². The van der Waals surface area contributed by atoms with Crippen molar-refractivity contribution in [3.05, 3.63) is 72.1 Å². The van der Waals surface area contributed by atoms with Gasteiger partial charge in [-0.05, 0) is 36.1 Å². The first-order chi connectivity index (χ1) is 13.8. The van der Waals surface area contributed by atoms with Crippen molar-refractivity contribution in [3.63, 3.8) is 0 Å². The molecule has 0 bridgehead atoms. The standard InChI is InChI=1S/C23H26N4O/c1-2-13-27-17-21(20-9-6-12-24-22(20)27)19-10-14-26(15-11-19)23(28)25-16-18-7-4-3-5-8-18/h3-10,12,17H,2,11,13-16H2,1H3,(H,25,28). The third-order valence-corrected chi connectivity index (χ3v) is 5.23. The van der Waals surface area contributed by atoms with Crippen molar-refractivity contribution < 1.29 is 4.79 Å². The number of aryl methyl sites for hydroxylation is 1. The first-order valence-electron chi connectivity index (χ1n) is 9.96. The molecule has 2 amide bonds. The number of pyridine rings is 1. The van der Waals surface area contributed by atoms with Crippen molar-refractivity contribution >= 4 is 22.6 Å². The molecule has 0 fully saturated rings. The highest BCUT2D eigenvalue weighted by atomic mass is 16.2. The van der Waals surface area contributed by atoms with Crippen LogP contribution in [0.5, 0.6) is 0 Å². The lowest BCUT2D eigenvalue weighted by Gasteiger charge is -2.26. The highest BCUT2D eigenvalue weighted by molar-refractivity contribution is 5.91. The third kappa shape index (κ3) is 3.79. The summed E-state index contributed by atoms with van der Waals surface area (Å²) in [6.07, 6.45) is 8.20. The number of hydrogen-bond donors (Lipinski definition) is 1. The maximum Gasteiger partial charge on any atom is 0.317 e. The third-order valence-electron chi connectivity index (χ3n) is 5.23. The molecule has 1 N–H and O–H groups in total. The Morgan fingerprint density at radius 2 is 2.04 bits per heavy atom. The molecular weight excluding hydrogens is 348 g/mol. The normalized spacial score (nSPS) is 14.2. The topological polar surface area (TPSA) is 50.2 Å².